The third kappa shape index (κ3) is 3.27. The SMILES string of the molecule is NCc1nnc(SCc2cc(Br)ccc2F)o1. The Morgan fingerprint density at radius 3 is 2.94 bits per heavy atom. The number of halogens is 2. The van der Waals surface area contributed by atoms with Gasteiger partial charge in [0.15, 0.2) is 0 Å². The summed E-state index contributed by atoms with van der Waals surface area (Å²) in [6.07, 6.45) is 0. The molecule has 7 heteroatoms. The van der Waals surface area contributed by atoms with Crippen LogP contribution >= 0.6 is 27.7 Å². The lowest BCUT2D eigenvalue weighted by Gasteiger charge is -2.01. The van der Waals surface area contributed by atoms with Crippen LogP contribution < -0.4 is 5.73 Å². The van der Waals surface area contributed by atoms with Crippen molar-refractivity contribution in [3.05, 3.63) is 39.9 Å². The minimum Gasteiger partial charge on any atom is -0.415 e. The number of hydrogen-bond donors (Lipinski definition) is 1. The van der Waals surface area contributed by atoms with Crippen molar-refractivity contribution >= 4 is 27.7 Å². The van der Waals surface area contributed by atoms with E-state index in [1.165, 1.54) is 17.8 Å². The number of rotatable bonds is 4. The Morgan fingerprint density at radius 1 is 1.41 bits per heavy atom. The van der Waals surface area contributed by atoms with Gasteiger partial charge in [-0.1, -0.05) is 27.7 Å². The molecule has 0 unspecified atom stereocenters. The van der Waals surface area contributed by atoms with Crippen molar-refractivity contribution in [3.63, 3.8) is 0 Å². The number of aromatic nitrogens is 2. The van der Waals surface area contributed by atoms with Crippen LogP contribution in [0.25, 0.3) is 0 Å². The molecule has 2 rings (SSSR count). The van der Waals surface area contributed by atoms with Crippen LogP contribution in [-0.2, 0) is 12.3 Å². The van der Waals surface area contributed by atoms with Crippen LogP contribution in [0.2, 0.25) is 0 Å². The van der Waals surface area contributed by atoms with Gasteiger partial charge in [-0.05, 0) is 23.8 Å². The number of hydrogen-bond acceptors (Lipinski definition) is 5. The molecule has 0 fully saturated rings. The lowest BCUT2D eigenvalue weighted by atomic mass is 10.2. The maximum absolute atomic E-state index is 13.4. The zero-order valence-corrected chi connectivity index (χ0v) is 11.1. The van der Waals surface area contributed by atoms with Gasteiger partial charge in [0.05, 0.1) is 6.54 Å². The summed E-state index contributed by atoms with van der Waals surface area (Å²) in [6.45, 7) is 0.207. The molecule has 2 aromatic rings. The summed E-state index contributed by atoms with van der Waals surface area (Å²) in [6, 6.07) is 4.80. The van der Waals surface area contributed by atoms with Gasteiger partial charge < -0.3 is 10.2 Å². The Morgan fingerprint density at radius 2 is 2.24 bits per heavy atom. The van der Waals surface area contributed by atoms with Crippen LogP contribution in [0.1, 0.15) is 11.5 Å². The van der Waals surface area contributed by atoms with Crippen molar-refractivity contribution in [3.8, 4) is 0 Å². The van der Waals surface area contributed by atoms with Gasteiger partial charge >= 0.3 is 0 Å². The minimum atomic E-state index is -0.251. The molecule has 2 N–H and O–H groups in total. The van der Waals surface area contributed by atoms with Crippen molar-refractivity contribution in [2.45, 2.75) is 17.5 Å². The molecule has 0 aliphatic carbocycles. The lowest BCUT2D eigenvalue weighted by Crippen LogP contribution is -1.95. The van der Waals surface area contributed by atoms with E-state index in [-0.39, 0.29) is 12.4 Å². The summed E-state index contributed by atoms with van der Waals surface area (Å²) in [4.78, 5) is 0. The molecule has 0 radical (unpaired) electrons. The summed E-state index contributed by atoms with van der Waals surface area (Å²) in [5.74, 6) is 0.554. The molecule has 90 valence electrons. The number of nitrogens with two attached hydrogens (primary N) is 1. The fourth-order valence-corrected chi connectivity index (χ4v) is 2.33. The standard InChI is InChI=1S/C10H9BrFN3OS/c11-7-1-2-8(12)6(3-7)5-17-10-15-14-9(4-13)16-10/h1-3H,4-5,13H2. The molecule has 1 aromatic heterocycles. The highest BCUT2D eigenvalue weighted by molar-refractivity contribution is 9.10. The van der Waals surface area contributed by atoms with Gasteiger partial charge in [0.2, 0.25) is 5.89 Å². The Hall–Kier alpha value is -0.920. The molecule has 1 aromatic carbocycles. The number of thioether (sulfide) groups is 1. The second-order valence-electron chi connectivity index (χ2n) is 3.19. The predicted molar refractivity (Wildman–Crippen MR) is 65.9 cm³/mol. The average Bonchev–Trinajstić information content (AvgIpc) is 2.78. The second kappa shape index (κ2) is 5.61. The van der Waals surface area contributed by atoms with E-state index in [1.54, 1.807) is 12.1 Å². The van der Waals surface area contributed by atoms with Crippen molar-refractivity contribution in [1.82, 2.24) is 10.2 Å². The van der Waals surface area contributed by atoms with E-state index < -0.39 is 0 Å². The Bertz CT molecular complexity index is 520. The fraction of sp³-hybridized carbons (Fsp3) is 0.200. The van der Waals surface area contributed by atoms with Crippen LogP contribution in [0, 0.1) is 5.82 Å². The first-order valence-corrected chi connectivity index (χ1v) is 6.56. The van der Waals surface area contributed by atoms with Gasteiger partial charge in [0.1, 0.15) is 5.82 Å². The summed E-state index contributed by atoms with van der Waals surface area (Å²) < 4.78 is 19.5. The van der Waals surface area contributed by atoms with Gasteiger partial charge in [-0.2, -0.15) is 0 Å². The van der Waals surface area contributed by atoms with E-state index >= 15 is 0 Å². The highest BCUT2D eigenvalue weighted by atomic mass is 79.9. The molecular formula is C10H9BrFN3OS. The molecule has 1 heterocycles. The van der Waals surface area contributed by atoms with Crippen LogP contribution in [0.15, 0.2) is 32.3 Å². The smallest absolute Gasteiger partial charge is 0.276 e. The monoisotopic (exact) mass is 317 g/mol. The molecule has 0 saturated heterocycles. The number of benzene rings is 1. The summed E-state index contributed by atoms with van der Waals surface area (Å²) >= 11 is 4.57. The first-order chi connectivity index (χ1) is 8.19. The van der Waals surface area contributed by atoms with Gasteiger partial charge in [-0.25, -0.2) is 4.39 Å². The molecule has 0 aliphatic heterocycles. The summed E-state index contributed by atoms with van der Waals surface area (Å²) in [5.41, 5.74) is 5.92. The van der Waals surface area contributed by atoms with Crippen LogP contribution in [0.4, 0.5) is 4.39 Å². The van der Waals surface area contributed by atoms with Crippen molar-refractivity contribution < 1.29 is 8.81 Å². The Labute approximate surface area is 110 Å². The van der Waals surface area contributed by atoms with E-state index in [9.17, 15) is 4.39 Å². The molecule has 17 heavy (non-hydrogen) atoms. The van der Waals surface area contributed by atoms with Gasteiger partial charge in [-0.15, -0.1) is 10.2 Å². The van der Waals surface area contributed by atoms with Crippen molar-refractivity contribution in [2.24, 2.45) is 5.73 Å². The lowest BCUT2D eigenvalue weighted by molar-refractivity contribution is 0.414. The average molecular weight is 318 g/mol. The maximum atomic E-state index is 13.4. The molecule has 0 atom stereocenters. The molecule has 0 aliphatic rings. The third-order valence-electron chi connectivity index (χ3n) is 1.98. The van der Waals surface area contributed by atoms with E-state index in [1.807, 2.05) is 0 Å². The topological polar surface area (TPSA) is 64.9 Å². The van der Waals surface area contributed by atoms with Crippen LogP contribution in [0.3, 0.4) is 0 Å². The van der Waals surface area contributed by atoms with Gasteiger partial charge in [0, 0.05) is 10.2 Å². The van der Waals surface area contributed by atoms with Crippen molar-refractivity contribution in [1.29, 1.82) is 0 Å². The zero-order chi connectivity index (χ0) is 12.3. The van der Waals surface area contributed by atoms with E-state index in [0.717, 1.165) is 4.47 Å². The van der Waals surface area contributed by atoms with Crippen molar-refractivity contribution in [2.75, 3.05) is 0 Å². The quantitative estimate of drug-likeness (QED) is 0.878. The Balaban J connectivity index is 2.04. The highest BCUT2D eigenvalue weighted by Crippen LogP contribution is 2.24. The molecule has 4 nitrogen and oxygen atoms in total. The number of nitrogens with zero attached hydrogens (tertiary/aromatic N) is 2. The first kappa shape index (κ1) is 12.5. The molecule has 0 spiro atoms. The van der Waals surface area contributed by atoms with E-state index in [0.29, 0.717) is 22.4 Å². The predicted octanol–water partition coefficient (Wildman–Crippen LogP) is 2.72. The molecular weight excluding hydrogens is 309 g/mol. The normalized spacial score (nSPS) is 10.8. The summed E-state index contributed by atoms with van der Waals surface area (Å²) in [5, 5.41) is 7.90. The fourth-order valence-electron chi connectivity index (χ4n) is 1.17. The summed E-state index contributed by atoms with van der Waals surface area (Å²) in [7, 11) is 0. The largest absolute Gasteiger partial charge is 0.415 e. The molecule has 0 bridgehead atoms. The first-order valence-electron chi connectivity index (χ1n) is 4.78. The van der Waals surface area contributed by atoms with Crippen LogP contribution in [-0.4, -0.2) is 10.2 Å². The maximum Gasteiger partial charge on any atom is 0.276 e. The molecule has 0 saturated carbocycles. The van der Waals surface area contributed by atoms with Gasteiger partial charge in [0.25, 0.3) is 5.22 Å². The molecule has 0 amide bonds. The van der Waals surface area contributed by atoms with E-state index in [4.69, 9.17) is 10.2 Å². The zero-order valence-electron chi connectivity index (χ0n) is 8.69. The second-order valence-corrected chi connectivity index (χ2v) is 5.03. The van der Waals surface area contributed by atoms with Crippen LogP contribution in [0.5, 0.6) is 0 Å². The minimum absolute atomic E-state index is 0.207. The van der Waals surface area contributed by atoms with E-state index in [2.05, 4.69) is 26.1 Å². The highest BCUT2D eigenvalue weighted by Gasteiger charge is 2.08. The third-order valence-corrected chi connectivity index (χ3v) is 3.34. The Kier molecular flexibility index (Phi) is 4.14. The van der Waals surface area contributed by atoms with Gasteiger partial charge in [-0.3, -0.25) is 0 Å².